The van der Waals surface area contributed by atoms with E-state index in [0.29, 0.717) is 32.8 Å². The smallest absolute Gasteiger partial charge is 0.492 e. The van der Waals surface area contributed by atoms with Crippen LogP contribution in [-0.4, -0.2) is 38.6 Å². The van der Waals surface area contributed by atoms with Crippen molar-refractivity contribution in [1.29, 1.82) is 0 Å². The molecule has 23 heavy (non-hydrogen) atoms. The van der Waals surface area contributed by atoms with Gasteiger partial charge in [-0.2, -0.15) is 0 Å². The maximum Gasteiger partial charge on any atom is 0.573 e. The van der Waals surface area contributed by atoms with Gasteiger partial charge in [0.15, 0.2) is 0 Å². The maximum atomic E-state index is 12.1. The molecule has 0 heterocycles. The number of ether oxygens (including phenoxy) is 3. The monoisotopic (exact) mass is 355 g/mol. The lowest BCUT2D eigenvalue weighted by Gasteiger charge is -2.12. The molecular formula is C14H17ClF3NO4. The third-order valence-electron chi connectivity index (χ3n) is 2.45. The van der Waals surface area contributed by atoms with Crippen LogP contribution in [0.4, 0.5) is 13.2 Å². The molecule has 1 aromatic carbocycles. The highest BCUT2D eigenvalue weighted by Gasteiger charge is 2.31. The average molecular weight is 356 g/mol. The second-order valence-corrected chi connectivity index (χ2v) is 4.84. The molecule has 1 rings (SSSR count). The molecule has 0 saturated heterocycles. The topological polar surface area (TPSA) is 56.8 Å². The van der Waals surface area contributed by atoms with E-state index in [-0.39, 0.29) is 16.7 Å². The molecule has 1 N–H and O–H groups in total. The lowest BCUT2D eigenvalue weighted by Crippen LogP contribution is -2.24. The minimum absolute atomic E-state index is 0.0262. The van der Waals surface area contributed by atoms with E-state index in [1.165, 1.54) is 13.0 Å². The number of alkyl halides is 3. The molecule has 0 aliphatic rings. The summed E-state index contributed by atoms with van der Waals surface area (Å²) in [4.78, 5) is 10.6. The predicted molar refractivity (Wildman–Crippen MR) is 77.7 cm³/mol. The summed E-state index contributed by atoms with van der Waals surface area (Å²) in [5, 5.41) is 2.61. The molecule has 0 aliphatic heterocycles. The van der Waals surface area contributed by atoms with Gasteiger partial charge >= 0.3 is 6.36 Å². The first-order valence-electron chi connectivity index (χ1n) is 6.78. The molecule has 0 aliphatic carbocycles. The van der Waals surface area contributed by atoms with Crippen LogP contribution in [0.5, 0.6) is 11.5 Å². The summed E-state index contributed by atoms with van der Waals surface area (Å²) < 4.78 is 50.5. The number of carbonyl (C=O) groups is 1. The Morgan fingerprint density at radius 3 is 2.61 bits per heavy atom. The number of rotatable bonds is 9. The van der Waals surface area contributed by atoms with Crippen LogP contribution in [0.2, 0.25) is 5.02 Å². The highest BCUT2D eigenvalue weighted by molar-refractivity contribution is 6.32. The Hall–Kier alpha value is -1.67. The van der Waals surface area contributed by atoms with Crippen molar-refractivity contribution >= 4 is 17.5 Å². The van der Waals surface area contributed by atoms with E-state index in [0.717, 1.165) is 12.1 Å². The van der Waals surface area contributed by atoms with Crippen molar-refractivity contribution in [2.45, 2.75) is 19.7 Å². The highest BCUT2D eigenvalue weighted by Crippen LogP contribution is 2.31. The second kappa shape index (κ2) is 9.46. The number of halogens is 4. The first kappa shape index (κ1) is 19.4. The van der Waals surface area contributed by atoms with Crippen molar-refractivity contribution in [3.63, 3.8) is 0 Å². The van der Waals surface area contributed by atoms with Crippen LogP contribution in [-0.2, 0) is 9.53 Å². The van der Waals surface area contributed by atoms with Gasteiger partial charge in [0.25, 0.3) is 0 Å². The number of hydrogen-bond donors (Lipinski definition) is 1. The summed E-state index contributed by atoms with van der Waals surface area (Å²) in [7, 11) is 0. The van der Waals surface area contributed by atoms with E-state index < -0.39 is 12.1 Å². The van der Waals surface area contributed by atoms with Crippen molar-refractivity contribution in [1.82, 2.24) is 5.32 Å². The Balaban J connectivity index is 2.24. The van der Waals surface area contributed by atoms with Gasteiger partial charge in [-0.05, 0) is 12.1 Å². The Morgan fingerprint density at radius 1 is 1.26 bits per heavy atom. The molecule has 5 nitrogen and oxygen atoms in total. The molecule has 0 bridgehead atoms. The highest BCUT2D eigenvalue weighted by atomic mass is 35.5. The van der Waals surface area contributed by atoms with Gasteiger partial charge in [-0.3, -0.25) is 4.79 Å². The van der Waals surface area contributed by atoms with Gasteiger partial charge in [0, 0.05) is 32.6 Å². The van der Waals surface area contributed by atoms with E-state index in [4.69, 9.17) is 21.1 Å². The maximum absolute atomic E-state index is 12.1. The van der Waals surface area contributed by atoms with Crippen LogP contribution >= 0.6 is 11.6 Å². The van der Waals surface area contributed by atoms with Crippen molar-refractivity contribution < 1.29 is 32.2 Å². The van der Waals surface area contributed by atoms with Gasteiger partial charge in [-0.1, -0.05) is 11.6 Å². The largest absolute Gasteiger partial charge is 0.573 e. The molecule has 1 amide bonds. The Kier molecular flexibility index (Phi) is 7.97. The molecule has 0 radical (unpaired) electrons. The predicted octanol–water partition coefficient (Wildman–Crippen LogP) is 3.16. The Morgan fingerprint density at radius 2 is 2.00 bits per heavy atom. The number of nitrogens with one attached hydrogen (secondary N) is 1. The first-order chi connectivity index (χ1) is 10.8. The van der Waals surface area contributed by atoms with E-state index >= 15 is 0 Å². The van der Waals surface area contributed by atoms with Crippen LogP contribution in [0.25, 0.3) is 0 Å². The minimum atomic E-state index is -4.76. The van der Waals surface area contributed by atoms with E-state index in [9.17, 15) is 18.0 Å². The van der Waals surface area contributed by atoms with Crippen molar-refractivity contribution in [2.24, 2.45) is 0 Å². The third kappa shape index (κ3) is 9.14. The SMILES string of the molecule is CC(=O)NCCOCCCOc1ccc(OC(F)(F)F)cc1Cl. The van der Waals surface area contributed by atoms with Crippen molar-refractivity contribution in [3.05, 3.63) is 23.2 Å². The first-order valence-corrected chi connectivity index (χ1v) is 7.16. The van der Waals surface area contributed by atoms with E-state index in [1.807, 2.05) is 0 Å². The van der Waals surface area contributed by atoms with Gasteiger partial charge in [-0.25, -0.2) is 0 Å². The molecule has 9 heteroatoms. The molecule has 0 saturated carbocycles. The molecule has 0 atom stereocenters. The molecule has 1 aromatic rings. The summed E-state index contributed by atoms with van der Waals surface area (Å²) >= 11 is 5.83. The van der Waals surface area contributed by atoms with Crippen LogP contribution in [0.1, 0.15) is 13.3 Å². The minimum Gasteiger partial charge on any atom is -0.492 e. The van der Waals surface area contributed by atoms with Crippen LogP contribution in [0.3, 0.4) is 0 Å². The van der Waals surface area contributed by atoms with Crippen LogP contribution in [0, 0.1) is 0 Å². The number of amides is 1. The number of carbonyl (C=O) groups excluding carboxylic acids is 1. The van der Waals surface area contributed by atoms with Gasteiger partial charge < -0.3 is 19.5 Å². The summed E-state index contributed by atoms with van der Waals surface area (Å²) in [6, 6.07) is 3.47. The molecule has 0 unspecified atom stereocenters. The summed E-state index contributed by atoms with van der Waals surface area (Å²) in [5.74, 6) is -0.264. The van der Waals surface area contributed by atoms with Crippen LogP contribution < -0.4 is 14.8 Å². The fraction of sp³-hybridized carbons (Fsp3) is 0.500. The quantitative estimate of drug-likeness (QED) is 0.691. The Bertz CT molecular complexity index is 511. The standard InChI is InChI=1S/C14H17ClF3NO4/c1-10(20)19-5-8-21-6-2-7-22-13-4-3-11(9-12(13)15)23-14(16,17)18/h3-4,9H,2,5-8H2,1H3,(H,19,20). The molecule has 0 aromatic heterocycles. The second-order valence-electron chi connectivity index (χ2n) is 4.44. The summed E-state index contributed by atoms with van der Waals surface area (Å²) in [6.45, 7) is 2.96. The van der Waals surface area contributed by atoms with Crippen LogP contribution in [0.15, 0.2) is 18.2 Å². The lowest BCUT2D eigenvalue weighted by atomic mass is 10.3. The normalized spacial score (nSPS) is 11.2. The van der Waals surface area contributed by atoms with Gasteiger partial charge in [-0.15, -0.1) is 13.2 Å². The fourth-order valence-electron chi connectivity index (χ4n) is 1.54. The summed E-state index contributed by atoms with van der Waals surface area (Å²) in [5.41, 5.74) is 0. The zero-order valence-electron chi connectivity index (χ0n) is 12.4. The summed E-state index contributed by atoms with van der Waals surface area (Å²) in [6.07, 6.45) is -4.20. The molecular weight excluding hydrogens is 339 g/mol. The van der Waals surface area contributed by atoms with Crippen molar-refractivity contribution in [3.8, 4) is 11.5 Å². The number of hydrogen-bond acceptors (Lipinski definition) is 4. The van der Waals surface area contributed by atoms with Gasteiger partial charge in [0.1, 0.15) is 11.5 Å². The van der Waals surface area contributed by atoms with Gasteiger partial charge in [0.2, 0.25) is 5.91 Å². The van der Waals surface area contributed by atoms with E-state index in [2.05, 4.69) is 10.1 Å². The Labute approximate surface area is 136 Å². The lowest BCUT2D eigenvalue weighted by molar-refractivity contribution is -0.274. The molecule has 0 spiro atoms. The zero-order valence-corrected chi connectivity index (χ0v) is 13.2. The van der Waals surface area contributed by atoms with E-state index in [1.54, 1.807) is 0 Å². The fourth-order valence-corrected chi connectivity index (χ4v) is 1.77. The average Bonchev–Trinajstić information content (AvgIpc) is 2.41. The molecule has 130 valence electrons. The van der Waals surface area contributed by atoms with Crippen molar-refractivity contribution in [2.75, 3.05) is 26.4 Å². The third-order valence-corrected chi connectivity index (χ3v) is 2.74. The number of benzene rings is 1. The zero-order chi connectivity index (χ0) is 17.3. The molecule has 0 fully saturated rings. The van der Waals surface area contributed by atoms with Gasteiger partial charge in [0.05, 0.1) is 18.2 Å².